The van der Waals surface area contributed by atoms with Crippen LogP contribution in [-0.2, 0) is 6.54 Å². The summed E-state index contributed by atoms with van der Waals surface area (Å²) in [7, 11) is 5.15. The van der Waals surface area contributed by atoms with Crippen molar-refractivity contribution in [3.8, 4) is 22.6 Å². The molecule has 1 aliphatic heterocycles. The van der Waals surface area contributed by atoms with Crippen LogP contribution >= 0.6 is 0 Å². The topological polar surface area (TPSA) is 163 Å². The number of ether oxygens (including phenoxy) is 2. The quantitative estimate of drug-likeness (QED) is 0.202. The van der Waals surface area contributed by atoms with Crippen molar-refractivity contribution in [3.05, 3.63) is 102 Å². The van der Waals surface area contributed by atoms with Crippen LogP contribution in [-0.4, -0.2) is 44.2 Å². The molecule has 0 amide bonds. The smallest absolute Gasteiger partial charge is 0.150 e. The van der Waals surface area contributed by atoms with Crippen LogP contribution in [0.5, 0.6) is 11.5 Å². The summed E-state index contributed by atoms with van der Waals surface area (Å²) >= 11 is 0. The van der Waals surface area contributed by atoms with Crippen LogP contribution in [0.25, 0.3) is 11.1 Å². The van der Waals surface area contributed by atoms with Crippen molar-refractivity contribution in [2.45, 2.75) is 19.4 Å². The largest absolute Gasteiger partial charge is 0.496 e. The van der Waals surface area contributed by atoms with Crippen LogP contribution in [0, 0.1) is 0 Å². The summed E-state index contributed by atoms with van der Waals surface area (Å²) < 4.78 is 11.6. The fourth-order valence-electron chi connectivity index (χ4n) is 4.57. The van der Waals surface area contributed by atoms with Gasteiger partial charge >= 0.3 is 0 Å². The van der Waals surface area contributed by atoms with Crippen LogP contribution in [0.15, 0.2) is 90.7 Å². The number of nitrogens with two attached hydrogens (primary N) is 4. The maximum Gasteiger partial charge on any atom is 0.150 e. The number of allylic oxidation sites excluding steroid dienone is 2. The minimum Gasteiger partial charge on any atom is -0.496 e. The number of methoxy groups -OCH3 is 2. The SMILES string of the molecule is C=CNC.COc1cc(-c2cccc(N/C(C=C(N)N)=C(\C)N)c2OC)ccc1C1CN(Cc2cccc(N)n2)C1. The number of hydrogen-bond acceptors (Lipinski definition) is 10. The zero-order valence-electron chi connectivity index (χ0n) is 24.3. The van der Waals surface area contributed by atoms with Gasteiger partial charge in [0.05, 0.1) is 37.1 Å². The van der Waals surface area contributed by atoms with Gasteiger partial charge in [0.15, 0.2) is 0 Å². The fourth-order valence-corrected chi connectivity index (χ4v) is 4.57. The van der Waals surface area contributed by atoms with E-state index in [1.807, 2.05) is 37.4 Å². The first-order valence-corrected chi connectivity index (χ1v) is 13.2. The zero-order valence-corrected chi connectivity index (χ0v) is 24.3. The fraction of sp³-hybridized carbons (Fsp3) is 0.258. The van der Waals surface area contributed by atoms with Gasteiger partial charge in [0.2, 0.25) is 0 Å². The second-order valence-corrected chi connectivity index (χ2v) is 9.65. The Balaban J connectivity index is 0.00000108. The minimum absolute atomic E-state index is 0.154. The second-order valence-electron chi connectivity index (χ2n) is 9.65. The van der Waals surface area contributed by atoms with E-state index in [0.717, 1.165) is 47.9 Å². The summed E-state index contributed by atoms with van der Waals surface area (Å²) in [4.78, 5) is 6.76. The molecule has 1 aliphatic rings. The van der Waals surface area contributed by atoms with Crippen molar-refractivity contribution >= 4 is 11.5 Å². The molecule has 0 saturated carbocycles. The van der Waals surface area contributed by atoms with Gasteiger partial charge in [0.25, 0.3) is 0 Å². The van der Waals surface area contributed by atoms with E-state index in [1.54, 1.807) is 39.5 Å². The molecule has 1 saturated heterocycles. The van der Waals surface area contributed by atoms with E-state index < -0.39 is 0 Å². The third-order valence-electron chi connectivity index (χ3n) is 6.58. The lowest BCUT2D eigenvalue weighted by atomic mass is 9.89. The van der Waals surface area contributed by atoms with E-state index in [9.17, 15) is 0 Å². The molecule has 10 nitrogen and oxygen atoms in total. The molecule has 2 aromatic carbocycles. The van der Waals surface area contributed by atoms with Gasteiger partial charge in [-0.1, -0.05) is 36.9 Å². The standard InChI is InChI=1S/C28H35N7O2.C3H7N/c1-17(29)24(13-26(30)31)34-23-8-5-7-22(28(23)37-3)18-10-11-21(25(12-18)36-2)19-14-35(15-19)16-20-6-4-9-27(32)33-20;1-3-4-2/h4-13,19,34H,14-16,29-31H2,1-3H3,(H2,32,33);3-4H,1H2,2H3/b24-17+;. The first-order chi connectivity index (χ1) is 19.7. The predicted molar refractivity (Wildman–Crippen MR) is 168 cm³/mol. The number of nitrogens with zero attached hydrogens (tertiary/aromatic N) is 2. The van der Waals surface area contributed by atoms with Gasteiger partial charge < -0.3 is 43.0 Å². The number of nitrogen functional groups attached to an aromatic ring is 1. The molecule has 41 heavy (non-hydrogen) atoms. The molecule has 0 bridgehead atoms. The maximum atomic E-state index is 6.03. The van der Waals surface area contributed by atoms with Crippen LogP contribution < -0.4 is 43.0 Å². The van der Waals surface area contributed by atoms with E-state index >= 15 is 0 Å². The lowest BCUT2D eigenvalue weighted by Crippen LogP contribution is -2.44. The van der Waals surface area contributed by atoms with Gasteiger partial charge in [-0.25, -0.2) is 4.98 Å². The molecule has 0 atom stereocenters. The number of para-hydroxylation sites is 1. The molecule has 3 aromatic rings. The van der Waals surface area contributed by atoms with Crippen LogP contribution in [0.2, 0.25) is 0 Å². The van der Waals surface area contributed by atoms with Crippen LogP contribution in [0.4, 0.5) is 11.5 Å². The van der Waals surface area contributed by atoms with Crippen molar-refractivity contribution in [1.82, 2.24) is 15.2 Å². The molecule has 0 aliphatic carbocycles. The van der Waals surface area contributed by atoms with Crippen LogP contribution in [0.1, 0.15) is 24.1 Å². The number of nitrogens with one attached hydrogen (secondary N) is 2. The molecule has 10 N–H and O–H groups in total. The van der Waals surface area contributed by atoms with E-state index in [0.29, 0.717) is 28.9 Å². The second kappa shape index (κ2) is 14.5. The normalized spacial score (nSPS) is 13.5. The average Bonchev–Trinajstić information content (AvgIpc) is 2.94. The van der Waals surface area contributed by atoms with E-state index in [2.05, 4.69) is 45.3 Å². The van der Waals surface area contributed by atoms with Gasteiger partial charge in [-0.05, 0) is 48.5 Å². The monoisotopic (exact) mass is 558 g/mol. The summed E-state index contributed by atoms with van der Waals surface area (Å²) in [6, 6.07) is 17.9. The van der Waals surface area contributed by atoms with Gasteiger partial charge in [0, 0.05) is 49.9 Å². The molecular formula is C31H42N8O2. The number of aromatic nitrogens is 1. The van der Waals surface area contributed by atoms with Gasteiger partial charge in [-0.15, -0.1) is 0 Å². The molecule has 1 aromatic heterocycles. The molecule has 1 fully saturated rings. The van der Waals surface area contributed by atoms with E-state index in [4.69, 9.17) is 32.4 Å². The highest BCUT2D eigenvalue weighted by Crippen LogP contribution is 2.41. The van der Waals surface area contributed by atoms with Crippen LogP contribution in [0.3, 0.4) is 0 Å². The van der Waals surface area contributed by atoms with E-state index in [-0.39, 0.29) is 5.82 Å². The summed E-state index contributed by atoms with van der Waals surface area (Å²) in [6.45, 7) is 7.78. The molecule has 2 heterocycles. The maximum absolute atomic E-state index is 6.03. The lowest BCUT2D eigenvalue weighted by molar-refractivity contribution is 0.136. The molecule has 218 valence electrons. The summed E-state index contributed by atoms with van der Waals surface area (Å²) in [5.41, 5.74) is 29.1. The van der Waals surface area contributed by atoms with Crippen molar-refractivity contribution in [1.29, 1.82) is 0 Å². The summed E-state index contributed by atoms with van der Waals surface area (Å²) in [5.74, 6) is 2.61. The van der Waals surface area contributed by atoms with Crippen molar-refractivity contribution in [2.24, 2.45) is 17.2 Å². The molecule has 0 unspecified atom stereocenters. The zero-order chi connectivity index (χ0) is 29.9. The highest BCUT2D eigenvalue weighted by atomic mass is 16.5. The predicted octanol–water partition coefficient (Wildman–Crippen LogP) is 3.66. The highest BCUT2D eigenvalue weighted by molar-refractivity contribution is 5.80. The first kappa shape index (κ1) is 30.7. The summed E-state index contributed by atoms with van der Waals surface area (Å²) in [6.07, 6.45) is 3.21. The Labute approximate surface area is 242 Å². The van der Waals surface area contributed by atoms with E-state index in [1.165, 1.54) is 5.56 Å². The number of pyridine rings is 1. The third-order valence-corrected chi connectivity index (χ3v) is 6.58. The molecule has 0 spiro atoms. The van der Waals surface area contributed by atoms with Crippen molar-refractivity contribution in [3.63, 3.8) is 0 Å². The van der Waals surface area contributed by atoms with Crippen molar-refractivity contribution < 1.29 is 9.47 Å². The lowest BCUT2D eigenvalue weighted by Gasteiger charge is -2.40. The number of hydrogen-bond donors (Lipinski definition) is 6. The Morgan fingerprint density at radius 1 is 1.07 bits per heavy atom. The van der Waals surface area contributed by atoms with Crippen molar-refractivity contribution in [2.75, 3.05) is 45.4 Å². The summed E-state index contributed by atoms with van der Waals surface area (Å²) in [5, 5.41) is 5.98. The highest BCUT2D eigenvalue weighted by Gasteiger charge is 2.30. The Kier molecular flexibility index (Phi) is 10.9. The number of benzene rings is 2. The van der Waals surface area contributed by atoms with Gasteiger partial charge in [0.1, 0.15) is 17.3 Å². The number of rotatable bonds is 10. The van der Waals surface area contributed by atoms with Gasteiger partial charge in [-0.3, -0.25) is 4.90 Å². The Morgan fingerprint density at radius 3 is 2.37 bits per heavy atom. The number of likely N-dealkylation sites (tertiary alicyclic amines) is 1. The Morgan fingerprint density at radius 2 is 1.78 bits per heavy atom. The third kappa shape index (κ3) is 8.09. The number of anilines is 2. The molecule has 10 heteroatoms. The Hall–Kier alpha value is -4.83. The molecule has 0 radical (unpaired) electrons. The minimum atomic E-state index is 0.154. The Bertz CT molecular complexity index is 1390. The van der Waals surface area contributed by atoms with Gasteiger partial charge in [-0.2, -0.15) is 0 Å². The molecule has 4 rings (SSSR count). The average molecular weight is 559 g/mol. The first-order valence-electron chi connectivity index (χ1n) is 13.2. The molecular weight excluding hydrogens is 516 g/mol.